The van der Waals surface area contributed by atoms with Crippen LogP contribution in [0.1, 0.15) is 31.9 Å². The van der Waals surface area contributed by atoms with E-state index in [9.17, 15) is 13.6 Å². The second kappa shape index (κ2) is 9.43. The number of nitrogens with zero attached hydrogens (tertiary/aromatic N) is 2. The van der Waals surface area contributed by atoms with Crippen LogP contribution in [0.2, 0.25) is 0 Å². The second-order valence-corrected chi connectivity index (χ2v) is 8.41. The largest absolute Gasteiger partial charge is 0.489 e. The molecule has 5 nitrogen and oxygen atoms in total. The number of benzene rings is 2. The minimum Gasteiger partial charge on any atom is -0.489 e. The predicted octanol–water partition coefficient (Wildman–Crippen LogP) is 4.60. The van der Waals surface area contributed by atoms with Gasteiger partial charge < -0.3 is 14.4 Å². The number of ether oxygens (including phenoxy) is 2. The molecule has 2 aromatic rings. The lowest BCUT2D eigenvalue weighted by Gasteiger charge is -2.35. The summed E-state index contributed by atoms with van der Waals surface area (Å²) in [6.45, 7) is 8.65. The topological polar surface area (TPSA) is 42.0 Å². The zero-order chi connectivity index (χ0) is 21.7. The minimum atomic E-state index is -0.514. The summed E-state index contributed by atoms with van der Waals surface area (Å²) in [5, 5.41) is 0. The Kier molecular flexibility index (Phi) is 6.92. The van der Waals surface area contributed by atoms with E-state index in [-0.39, 0.29) is 24.3 Å². The first-order valence-electron chi connectivity index (χ1n) is 10.1. The van der Waals surface area contributed by atoms with E-state index in [1.165, 1.54) is 30.3 Å². The summed E-state index contributed by atoms with van der Waals surface area (Å²) >= 11 is 0. The SMILES string of the molecule is CC(C)(C)OC(=O)N1CCN(Cc2ccc(COc3ccc(F)cc3)cc2F)CC1. The van der Waals surface area contributed by atoms with Gasteiger partial charge in [0, 0.05) is 38.3 Å². The number of carbonyl (C=O) groups is 1. The second-order valence-electron chi connectivity index (χ2n) is 8.41. The maximum Gasteiger partial charge on any atom is 0.410 e. The average molecular weight is 418 g/mol. The monoisotopic (exact) mass is 418 g/mol. The lowest BCUT2D eigenvalue weighted by atomic mass is 10.1. The molecule has 0 aliphatic carbocycles. The van der Waals surface area contributed by atoms with Gasteiger partial charge in [0.1, 0.15) is 29.6 Å². The summed E-state index contributed by atoms with van der Waals surface area (Å²) in [6, 6.07) is 10.8. The van der Waals surface area contributed by atoms with Gasteiger partial charge in [0.05, 0.1) is 0 Å². The minimum absolute atomic E-state index is 0.206. The fraction of sp³-hybridized carbons (Fsp3) is 0.435. The van der Waals surface area contributed by atoms with Gasteiger partial charge in [0.15, 0.2) is 0 Å². The Morgan fingerprint density at radius 3 is 2.27 bits per heavy atom. The zero-order valence-electron chi connectivity index (χ0n) is 17.7. The standard InChI is InChI=1S/C23H28F2N2O3/c1-23(2,3)30-22(28)27-12-10-26(11-13-27)15-18-5-4-17(14-21(18)25)16-29-20-8-6-19(24)7-9-20/h4-9,14H,10-13,15-16H2,1-3H3. The molecular weight excluding hydrogens is 390 g/mol. The maximum atomic E-state index is 14.6. The molecule has 7 heteroatoms. The molecule has 1 aliphatic rings. The Labute approximate surface area is 176 Å². The van der Waals surface area contributed by atoms with Gasteiger partial charge in [0.2, 0.25) is 0 Å². The van der Waals surface area contributed by atoms with Gasteiger partial charge in [-0.15, -0.1) is 0 Å². The van der Waals surface area contributed by atoms with E-state index >= 15 is 0 Å². The third-order valence-corrected chi connectivity index (χ3v) is 4.75. The Balaban J connectivity index is 1.49. The van der Waals surface area contributed by atoms with Crippen LogP contribution in [0.25, 0.3) is 0 Å². The molecule has 3 rings (SSSR count). The van der Waals surface area contributed by atoms with E-state index in [4.69, 9.17) is 9.47 Å². The molecule has 30 heavy (non-hydrogen) atoms. The molecule has 162 valence electrons. The van der Waals surface area contributed by atoms with Crippen molar-refractivity contribution in [3.63, 3.8) is 0 Å². The van der Waals surface area contributed by atoms with Crippen molar-refractivity contribution in [1.29, 1.82) is 0 Å². The van der Waals surface area contributed by atoms with E-state index in [1.54, 1.807) is 11.0 Å². The zero-order valence-corrected chi connectivity index (χ0v) is 17.7. The lowest BCUT2D eigenvalue weighted by Crippen LogP contribution is -2.49. The van der Waals surface area contributed by atoms with Gasteiger partial charge in [-0.05, 0) is 56.7 Å². The van der Waals surface area contributed by atoms with Crippen molar-refractivity contribution in [3.8, 4) is 5.75 Å². The van der Waals surface area contributed by atoms with Gasteiger partial charge >= 0.3 is 6.09 Å². The number of hydrogen-bond acceptors (Lipinski definition) is 4. The van der Waals surface area contributed by atoms with E-state index in [0.29, 0.717) is 49.6 Å². The van der Waals surface area contributed by atoms with Crippen molar-refractivity contribution in [3.05, 3.63) is 65.2 Å². The molecule has 1 aliphatic heterocycles. The summed E-state index contributed by atoms with van der Waals surface area (Å²) in [6.07, 6.45) is -0.307. The molecule has 1 amide bonds. The molecule has 0 aromatic heterocycles. The average Bonchev–Trinajstić information content (AvgIpc) is 2.68. The van der Waals surface area contributed by atoms with Crippen molar-refractivity contribution in [2.24, 2.45) is 0 Å². The first-order chi connectivity index (χ1) is 14.2. The van der Waals surface area contributed by atoms with E-state index in [1.807, 2.05) is 26.8 Å². The van der Waals surface area contributed by atoms with Crippen LogP contribution >= 0.6 is 0 Å². The molecule has 0 atom stereocenters. The summed E-state index contributed by atoms with van der Waals surface area (Å²) < 4.78 is 38.5. The third-order valence-electron chi connectivity index (χ3n) is 4.75. The summed E-state index contributed by atoms with van der Waals surface area (Å²) in [4.78, 5) is 16.0. The molecule has 2 aromatic carbocycles. The quantitative estimate of drug-likeness (QED) is 0.712. The Bertz CT molecular complexity index is 858. The fourth-order valence-electron chi connectivity index (χ4n) is 3.16. The summed E-state index contributed by atoms with van der Waals surface area (Å²) in [7, 11) is 0. The van der Waals surface area contributed by atoms with Gasteiger partial charge in [-0.25, -0.2) is 13.6 Å². The third kappa shape index (κ3) is 6.42. The molecule has 0 bridgehead atoms. The number of piperazine rings is 1. The van der Waals surface area contributed by atoms with Crippen molar-refractivity contribution < 1.29 is 23.0 Å². The molecule has 0 N–H and O–H groups in total. The Morgan fingerprint density at radius 2 is 1.67 bits per heavy atom. The Hall–Kier alpha value is -2.67. The first-order valence-corrected chi connectivity index (χ1v) is 10.1. The maximum absolute atomic E-state index is 14.6. The molecule has 1 heterocycles. The fourth-order valence-corrected chi connectivity index (χ4v) is 3.16. The number of carbonyl (C=O) groups excluding carboxylic acids is 1. The number of hydrogen-bond donors (Lipinski definition) is 0. The lowest BCUT2D eigenvalue weighted by molar-refractivity contribution is 0.0138. The molecule has 0 unspecified atom stereocenters. The highest BCUT2D eigenvalue weighted by Gasteiger charge is 2.26. The highest BCUT2D eigenvalue weighted by molar-refractivity contribution is 5.68. The molecule has 0 saturated carbocycles. The van der Waals surface area contributed by atoms with Crippen LogP contribution in [0.4, 0.5) is 13.6 Å². The summed E-state index contributed by atoms with van der Waals surface area (Å²) in [5.41, 5.74) is 0.793. The van der Waals surface area contributed by atoms with Crippen LogP contribution in [0, 0.1) is 11.6 Å². The first kappa shape index (κ1) is 22.0. The number of halogens is 2. The summed E-state index contributed by atoms with van der Waals surface area (Å²) in [5.74, 6) is -0.0850. The van der Waals surface area contributed by atoms with Crippen molar-refractivity contribution in [2.75, 3.05) is 26.2 Å². The molecule has 0 radical (unpaired) electrons. The smallest absolute Gasteiger partial charge is 0.410 e. The van der Waals surface area contributed by atoms with Gasteiger partial charge in [-0.3, -0.25) is 4.90 Å². The highest BCUT2D eigenvalue weighted by atomic mass is 19.1. The van der Waals surface area contributed by atoms with Crippen LogP contribution in [-0.4, -0.2) is 47.7 Å². The number of amides is 1. The molecule has 0 spiro atoms. The van der Waals surface area contributed by atoms with Crippen LogP contribution in [0.3, 0.4) is 0 Å². The predicted molar refractivity (Wildman–Crippen MR) is 110 cm³/mol. The van der Waals surface area contributed by atoms with E-state index in [2.05, 4.69) is 4.90 Å². The Morgan fingerprint density at radius 1 is 1.00 bits per heavy atom. The normalized spacial score (nSPS) is 15.2. The van der Waals surface area contributed by atoms with Gasteiger partial charge in [-0.1, -0.05) is 12.1 Å². The molecule has 1 fully saturated rings. The van der Waals surface area contributed by atoms with Crippen LogP contribution in [0.15, 0.2) is 42.5 Å². The van der Waals surface area contributed by atoms with Crippen LogP contribution in [-0.2, 0) is 17.9 Å². The van der Waals surface area contributed by atoms with Gasteiger partial charge in [0.25, 0.3) is 0 Å². The van der Waals surface area contributed by atoms with Crippen LogP contribution < -0.4 is 4.74 Å². The van der Waals surface area contributed by atoms with Crippen LogP contribution in [0.5, 0.6) is 5.75 Å². The van der Waals surface area contributed by atoms with E-state index in [0.717, 1.165) is 0 Å². The van der Waals surface area contributed by atoms with Gasteiger partial charge in [-0.2, -0.15) is 0 Å². The van der Waals surface area contributed by atoms with E-state index < -0.39 is 5.60 Å². The van der Waals surface area contributed by atoms with Crippen molar-refractivity contribution in [2.45, 2.75) is 39.5 Å². The highest BCUT2D eigenvalue weighted by Crippen LogP contribution is 2.18. The molecular formula is C23H28F2N2O3. The van der Waals surface area contributed by atoms with Crippen molar-refractivity contribution in [1.82, 2.24) is 9.80 Å². The van der Waals surface area contributed by atoms with Crippen molar-refractivity contribution >= 4 is 6.09 Å². The molecule has 1 saturated heterocycles. The number of rotatable bonds is 5.